The number of anilines is 1. The second-order valence-corrected chi connectivity index (χ2v) is 7.64. The van der Waals surface area contributed by atoms with Crippen LogP contribution in [0.3, 0.4) is 0 Å². The molecule has 1 unspecified atom stereocenters. The van der Waals surface area contributed by atoms with Crippen molar-refractivity contribution < 1.29 is 18.0 Å². The first-order valence-corrected chi connectivity index (χ1v) is 9.58. The van der Waals surface area contributed by atoms with Crippen LogP contribution in [-0.2, 0) is 0 Å². The molecule has 3 heterocycles. The molecule has 8 heteroatoms. The lowest BCUT2D eigenvalue weighted by atomic mass is 9.85. The molecule has 1 aromatic carbocycles. The van der Waals surface area contributed by atoms with Crippen LogP contribution in [0.5, 0.6) is 0 Å². The Bertz CT molecular complexity index is 869. The van der Waals surface area contributed by atoms with Crippen molar-refractivity contribution in [2.45, 2.75) is 44.7 Å². The standard InChI is InChI=1S/C20H23F3N4O/c1-12-9-18-24-16(10-17(19(22)23)27(18)25-12)13-5-4-8-26(11-13)20(28)14-6-2-3-7-15(14)21/h2-3,6-7,9,13,16-17,19,24H,4-5,8,10-11H2,1H3/t13?,16-,17+/m0/s1. The predicted octanol–water partition coefficient (Wildman–Crippen LogP) is 3.87. The molecule has 2 aliphatic heterocycles. The lowest BCUT2D eigenvalue weighted by Crippen LogP contribution is -2.48. The Labute approximate surface area is 161 Å². The number of amides is 1. The van der Waals surface area contributed by atoms with Gasteiger partial charge in [-0.25, -0.2) is 17.9 Å². The van der Waals surface area contributed by atoms with Crippen molar-refractivity contribution in [3.63, 3.8) is 0 Å². The number of piperidine rings is 1. The number of carbonyl (C=O) groups excluding carboxylic acids is 1. The summed E-state index contributed by atoms with van der Waals surface area (Å²) in [6.07, 6.45) is -0.664. The summed E-state index contributed by atoms with van der Waals surface area (Å²) >= 11 is 0. The van der Waals surface area contributed by atoms with Gasteiger partial charge in [0.25, 0.3) is 12.3 Å². The van der Waals surface area contributed by atoms with Gasteiger partial charge >= 0.3 is 0 Å². The molecule has 0 spiro atoms. The predicted molar refractivity (Wildman–Crippen MR) is 99.1 cm³/mol. The van der Waals surface area contributed by atoms with Gasteiger partial charge in [-0.2, -0.15) is 5.10 Å². The van der Waals surface area contributed by atoms with Gasteiger partial charge in [-0.1, -0.05) is 12.1 Å². The number of aromatic nitrogens is 2. The number of nitrogens with one attached hydrogen (secondary N) is 1. The van der Waals surface area contributed by atoms with Gasteiger partial charge in [-0.3, -0.25) is 4.79 Å². The molecule has 1 saturated heterocycles. The number of halogens is 3. The van der Waals surface area contributed by atoms with Crippen LogP contribution in [0.2, 0.25) is 0 Å². The Hall–Kier alpha value is -2.51. The van der Waals surface area contributed by atoms with Gasteiger partial charge in [0.05, 0.1) is 11.3 Å². The van der Waals surface area contributed by atoms with Crippen molar-refractivity contribution in [1.82, 2.24) is 14.7 Å². The van der Waals surface area contributed by atoms with Gasteiger partial charge < -0.3 is 10.2 Å². The third-order valence-electron chi connectivity index (χ3n) is 5.71. The minimum Gasteiger partial charge on any atom is -0.367 e. The maximum Gasteiger partial charge on any atom is 0.260 e. The van der Waals surface area contributed by atoms with E-state index < -0.39 is 18.3 Å². The quantitative estimate of drug-likeness (QED) is 0.863. The zero-order valence-corrected chi connectivity index (χ0v) is 15.6. The third-order valence-corrected chi connectivity index (χ3v) is 5.71. The fourth-order valence-corrected chi connectivity index (χ4v) is 4.33. The van der Waals surface area contributed by atoms with E-state index >= 15 is 0 Å². The summed E-state index contributed by atoms with van der Waals surface area (Å²) in [5.41, 5.74) is 0.743. The van der Waals surface area contributed by atoms with Crippen LogP contribution in [0.15, 0.2) is 30.3 Å². The zero-order chi connectivity index (χ0) is 19.8. The summed E-state index contributed by atoms with van der Waals surface area (Å²) in [5.74, 6) is -0.265. The Kier molecular flexibility index (Phi) is 5.03. The molecule has 150 valence electrons. The lowest BCUT2D eigenvalue weighted by molar-refractivity contribution is 0.0504. The molecule has 0 saturated carbocycles. The van der Waals surface area contributed by atoms with E-state index in [2.05, 4.69) is 10.4 Å². The first kappa shape index (κ1) is 18.8. The number of fused-ring (bicyclic) bond motifs is 1. The monoisotopic (exact) mass is 392 g/mol. The molecule has 28 heavy (non-hydrogen) atoms. The van der Waals surface area contributed by atoms with Crippen molar-refractivity contribution in [1.29, 1.82) is 0 Å². The molecule has 0 radical (unpaired) electrons. The summed E-state index contributed by atoms with van der Waals surface area (Å²) in [4.78, 5) is 14.4. The lowest BCUT2D eigenvalue weighted by Gasteiger charge is -2.41. The number of aryl methyl sites for hydroxylation is 1. The number of nitrogens with zero attached hydrogens (tertiary/aromatic N) is 3. The Morgan fingerprint density at radius 2 is 2.11 bits per heavy atom. The smallest absolute Gasteiger partial charge is 0.260 e. The molecular formula is C20H23F3N4O. The number of carbonyl (C=O) groups is 1. The number of benzene rings is 1. The molecule has 2 aromatic rings. The molecule has 3 atom stereocenters. The van der Waals surface area contributed by atoms with Gasteiger partial charge in [0.2, 0.25) is 0 Å². The van der Waals surface area contributed by atoms with Gasteiger partial charge in [0, 0.05) is 25.2 Å². The van der Waals surface area contributed by atoms with Gasteiger partial charge in [-0.15, -0.1) is 0 Å². The molecule has 0 bridgehead atoms. The molecule has 5 nitrogen and oxygen atoms in total. The number of likely N-dealkylation sites (tertiary alicyclic amines) is 1. The second kappa shape index (κ2) is 7.48. The van der Waals surface area contributed by atoms with E-state index in [0.717, 1.165) is 12.8 Å². The summed E-state index contributed by atoms with van der Waals surface area (Å²) < 4.78 is 42.6. The molecule has 4 rings (SSSR count). The van der Waals surface area contributed by atoms with Crippen LogP contribution in [-0.4, -0.2) is 46.1 Å². The van der Waals surface area contributed by atoms with Gasteiger partial charge in [-0.05, 0) is 44.2 Å². The Morgan fingerprint density at radius 1 is 1.32 bits per heavy atom. The van der Waals surface area contributed by atoms with E-state index in [1.54, 1.807) is 30.0 Å². The number of hydrogen-bond donors (Lipinski definition) is 1. The molecule has 1 N–H and O–H groups in total. The first-order chi connectivity index (χ1) is 13.4. The third kappa shape index (κ3) is 3.47. The van der Waals surface area contributed by atoms with Crippen molar-refractivity contribution in [3.8, 4) is 0 Å². The fourth-order valence-electron chi connectivity index (χ4n) is 4.33. The van der Waals surface area contributed by atoms with Gasteiger partial charge in [0.15, 0.2) is 0 Å². The maximum absolute atomic E-state index is 14.0. The maximum atomic E-state index is 14.0. The van der Waals surface area contributed by atoms with Crippen LogP contribution in [0.4, 0.5) is 19.0 Å². The highest BCUT2D eigenvalue weighted by atomic mass is 19.3. The van der Waals surface area contributed by atoms with E-state index in [9.17, 15) is 18.0 Å². The second-order valence-electron chi connectivity index (χ2n) is 7.64. The van der Waals surface area contributed by atoms with Crippen LogP contribution >= 0.6 is 0 Å². The highest BCUT2D eigenvalue weighted by Gasteiger charge is 2.39. The number of rotatable bonds is 3. The normalized spacial score (nSPS) is 24.8. The van der Waals surface area contributed by atoms with E-state index in [4.69, 9.17) is 0 Å². The van der Waals surface area contributed by atoms with Crippen LogP contribution < -0.4 is 5.32 Å². The minimum absolute atomic E-state index is 0.0229. The van der Waals surface area contributed by atoms with Crippen molar-refractivity contribution in [2.24, 2.45) is 5.92 Å². The Morgan fingerprint density at radius 3 is 2.86 bits per heavy atom. The largest absolute Gasteiger partial charge is 0.367 e. The zero-order valence-electron chi connectivity index (χ0n) is 15.6. The van der Waals surface area contributed by atoms with Crippen molar-refractivity contribution in [3.05, 3.63) is 47.4 Å². The van der Waals surface area contributed by atoms with Gasteiger partial charge in [0.1, 0.15) is 17.7 Å². The average molecular weight is 392 g/mol. The topological polar surface area (TPSA) is 50.2 Å². The van der Waals surface area contributed by atoms with E-state index in [0.29, 0.717) is 24.6 Å². The fraction of sp³-hybridized carbons (Fsp3) is 0.500. The van der Waals surface area contributed by atoms with Crippen LogP contribution in [0.1, 0.15) is 41.4 Å². The van der Waals surface area contributed by atoms with E-state index in [1.165, 1.54) is 16.8 Å². The van der Waals surface area contributed by atoms with Crippen molar-refractivity contribution in [2.75, 3.05) is 18.4 Å². The molecule has 2 aliphatic rings. The molecule has 1 aromatic heterocycles. The highest BCUT2D eigenvalue weighted by molar-refractivity contribution is 5.94. The van der Waals surface area contributed by atoms with Crippen molar-refractivity contribution >= 4 is 11.7 Å². The van der Waals surface area contributed by atoms with Crippen LogP contribution in [0.25, 0.3) is 0 Å². The Balaban J connectivity index is 1.52. The summed E-state index contributed by atoms with van der Waals surface area (Å²) in [7, 11) is 0. The summed E-state index contributed by atoms with van der Waals surface area (Å²) in [6, 6.07) is 6.55. The molecular weight excluding hydrogens is 369 g/mol. The number of hydrogen-bond acceptors (Lipinski definition) is 3. The number of alkyl halides is 2. The molecule has 0 aliphatic carbocycles. The summed E-state index contributed by atoms with van der Waals surface area (Å²) in [6.45, 7) is 2.75. The van der Waals surface area contributed by atoms with Crippen LogP contribution in [0, 0.1) is 18.7 Å². The first-order valence-electron chi connectivity index (χ1n) is 9.58. The molecule has 1 amide bonds. The van der Waals surface area contributed by atoms with E-state index in [-0.39, 0.29) is 29.9 Å². The highest BCUT2D eigenvalue weighted by Crippen LogP contribution is 2.36. The minimum atomic E-state index is -2.51. The van der Waals surface area contributed by atoms with E-state index in [1.807, 2.05) is 0 Å². The summed E-state index contributed by atoms with van der Waals surface area (Å²) in [5, 5.41) is 7.53. The average Bonchev–Trinajstić information content (AvgIpc) is 3.07. The molecule has 1 fully saturated rings. The SMILES string of the molecule is Cc1cc2n(n1)[C@@H](C(F)F)C[C@@H](C1CCCN(C(=O)c3ccccc3F)C1)N2.